The molecule has 6 nitrogen and oxygen atoms in total. The smallest absolute Gasteiger partial charge is 0.169 e. The van der Waals surface area contributed by atoms with Gasteiger partial charge < -0.3 is 28.8 Å². The van der Waals surface area contributed by atoms with Crippen molar-refractivity contribution in [2.75, 3.05) is 0 Å². The minimum absolute atomic E-state index is 0.270. The highest BCUT2D eigenvalue weighted by atomic mass is 16.8. The fourth-order valence-corrected chi connectivity index (χ4v) is 6.34. The summed E-state index contributed by atoms with van der Waals surface area (Å²) in [5.41, 5.74) is 1.08. The summed E-state index contributed by atoms with van der Waals surface area (Å²) >= 11 is 0. The summed E-state index contributed by atoms with van der Waals surface area (Å²) in [6, 6.07) is 10.1. The molecule has 1 aromatic carbocycles. The van der Waals surface area contributed by atoms with Gasteiger partial charge in [-0.3, -0.25) is 0 Å². The van der Waals surface area contributed by atoms with Crippen LogP contribution in [-0.4, -0.2) is 53.3 Å². The molecule has 1 aromatic rings. The van der Waals surface area contributed by atoms with Crippen LogP contribution in [0.5, 0.6) is 0 Å². The molecule has 0 radical (unpaired) electrons. The van der Waals surface area contributed by atoms with Gasteiger partial charge in [-0.15, -0.1) is 0 Å². The lowest BCUT2D eigenvalue weighted by molar-refractivity contribution is -0.227. The highest BCUT2D eigenvalue weighted by Crippen LogP contribution is 2.51. The number of benzene rings is 1. The summed E-state index contributed by atoms with van der Waals surface area (Å²) in [5, 5.41) is 11.4. The van der Waals surface area contributed by atoms with Crippen molar-refractivity contribution in [2.24, 2.45) is 0 Å². The number of fused-ring (bicyclic) bond motifs is 3. The Hall–Kier alpha value is -1.02. The minimum Gasteiger partial charge on any atom is -0.387 e. The van der Waals surface area contributed by atoms with Crippen molar-refractivity contribution < 1.29 is 28.8 Å². The molecule has 6 rings (SSSR count). The van der Waals surface area contributed by atoms with Gasteiger partial charge in [-0.1, -0.05) is 43.2 Å². The Kier molecular flexibility index (Phi) is 5.37. The Morgan fingerprint density at radius 1 is 0.710 bits per heavy atom. The van der Waals surface area contributed by atoms with Gasteiger partial charge in [-0.05, 0) is 31.2 Å². The average molecular weight is 431 g/mol. The standard InChI is InChI=1S/C25H34O6/c26-18-19(27-16-17-10-4-1-5-11-17)21-23(31-25(29-21)14-8-3-9-15-25)22-20(18)28-24(30-22)12-6-2-7-13-24/h1,4-5,10-11,18-23,26H,2-3,6-9,12-16H2/t18-,19-,20+,21+,22+,23+/m1/s1. The van der Waals surface area contributed by atoms with Crippen molar-refractivity contribution >= 4 is 0 Å². The highest BCUT2D eigenvalue weighted by molar-refractivity contribution is 5.14. The zero-order valence-corrected chi connectivity index (χ0v) is 18.1. The van der Waals surface area contributed by atoms with E-state index in [0.717, 1.165) is 56.9 Å². The number of aliphatic hydroxyl groups is 1. The minimum atomic E-state index is -0.807. The van der Waals surface area contributed by atoms with Crippen molar-refractivity contribution in [2.45, 2.75) is 119 Å². The summed E-state index contributed by atoms with van der Waals surface area (Å²) in [7, 11) is 0. The van der Waals surface area contributed by atoms with Crippen LogP contribution in [0.1, 0.15) is 69.8 Å². The summed E-state index contributed by atoms with van der Waals surface area (Å²) in [5.74, 6) is -1.15. The van der Waals surface area contributed by atoms with E-state index >= 15 is 0 Å². The first-order valence-electron chi connectivity index (χ1n) is 12.2. The summed E-state index contributed by atoms with van der Waals surface area (Å²) in [6.45, 7) is 0.422. The van der Waals surface area contributed by atoms with Crippen LogP contribution in [0.4, 0.5) is 0 Å². The number of hydrogen-bond donors (Lipinski definition) is 1. The van der Waals surface area contributed by atoms with E-state index < -0.39 is 29.9 Å². The van der Waals surface area contributed by atoms with E-state index in [4.69, 9.17) is 23.7 Å². The second kappa shape index (κ2) is 8.08. The Labute approximate surface area is 184 Å². The Balaban J connectivity index is 1.28. The third-order valence-corrected chi connectivity index (χ3v) is 7.89. The molecule has 0 unspecified atom stereocenters. The molecule has 6 heteroatoms. The molecule has 6 atom stereocenters. The van der Waals surface area contributed by atoms with E-state index in [1.807, 2.05) is 30.3 Å². The molecule has 1 N–H and O–H groups in total. The number of rotatable bonds is 3. The maximum Gasteiger partial charge on any atom is 0.169 e. The van der Waals surface area contributed by atoms with Crippen molar-refractivity contribution in [3.05, 3.63) is 35.9 Å². The first-order valence-corrected chi connectivity index (χ1v) is 12.2. The molecule has 2 spiro atoms. The van der Waals surface area contributed by atoms with Gasteiger partial charge >= 0.3 is 0 Å². The van der Waals surface area contributed by atoms with E-state index in [0.29, 0.717) is 6.61 Å². The molecule has 0 aromatic heterocycles. The Morgan fingerprint density at radius 2 is 1.23 bits per heavy atom. The molecule has 2 heterocycles. The molecule has 2 aliphatic heterocycles. The Morgan fingerprint density at radius 3 is 1.84 bits per heavy atom. The van der Waals surface area contributed by atoms with Crippen LogP contribution in [0.3, 0.4) is 0 Å². The fraction of sp³-hybridized carbons (Fsp3) is 0.760. The van der Waals surface area contributed by atoms with Gasteiger partial charge in [-0.2, -0.15) is 0 Å². The molecule has 0 amide bonds. The van der Waals surface area contributed by atoms with Crippen molar-refractivity contribution in [1.29, 1.82) is 0 Å². The van der Waals surface area contributed by atoms with Gasteiger partial charge in [0.25, 0.3) is 0 Å². The number of ether oxygens (including phenoxy) is 5. The van der Waals surface area contributed by atoms with Crippen LogP contribution in [-0.2, 0) is 30.3 Å². The van der Waals surface area contributed by atoms with Crippen LogP contribution in [0.15, 0.2) is 30.3 Å². The molecule has 3 aliphatic carbocycles. The van der Waals surface area contributed by atoms with Crippen molar-refractivity contribution in [3.8, 4) is 0 Å². The van der Waals surface area contributed by atoms with E-state index in [2.05, 4.69) is 0 Å². The van der Waals surface area contributed by atoms with E-state index in [1.54, 1.807) is 0 Å². The van der Waals surface area contributed by atoms with Crippen LogP contribution in [0, 0.1) is 0 Å². The molecule has 5 aliphatic rings. The van der Waals surface area contributed by atoms with E-state index in [-0.39, 0.29) is 18.3 Å². The average Bonchev–Trinajstić information content (AvgIpc) is 3.34. The molecule has 5 fully saturated rings. The number of aliphatic hydroxyl groups excluding tert-OH is 1. The molecular formula is C25H34O6. The lowest BCUT2D eigenvalue weighted by Gasteiger charge is -2.40. The SMILES string of the molecule is O[C@@H]1[C@@H](OCc2ccccc2)[C@@H]2OC3(CCCCC3)O[C@@H]2[C@H]2OC3(CCCCC3)O[C@@H]12. The first-order chi connectivity index (χ1) is 15.2. The van der Waals surface area contributed by atoms with Gasteiger partial charge in [-0.25, -0.2) is 0 Å². The molecule has 2 saturated heterocycles. The topological polar surface area (TPSA) is 66.4 Å². The summed E-state index contributed by atoms with van der Waals surface area (Å²) in [6.07, 6.45) is 7.70. The van der Waals surface area contributed by atoms with Crippen molar-refractivity contribution in [1.82, 2.24) is 0 Å². The van der Waals surface area contributed by atoms with Crippen LogP contribution < -0.4 is 0 Å². The first kappa shape index (κ1) is 20.6. The third kappa shape index (κ3) is 3.65. The maximum absolute atomic E-state index is 11.4. The van der Waals surface area contributed by atoms with Crippen LogP contribution >= 0.6 is 0 Å². The zero-order valence-electron chi connectivity index (χ0n) is 18.1. The summed E-state index contributed by atoms with van der Waals surface area (Å²) in [4.78, 5) is 0. The third-order valence-electron chi connectivity index (χ3n) is 7.89. The summed E-state index contributed by atoms with van der Waals surface area (Å²) < 4.78 is 32.6. The molecular weight excluding hydrogens is 396 g/mol. The van der Waals surface area contributed by atoms with Crippen LogP contribution in [0.2, 0.25) is 0 Å². The van der Waals surface area contributed by atoms with Gasteiger partial charge in [0.2, 0.25) is 0 Å². The lowest BCUT2D eigenvalue weighted by Crippen LogP contribution is -2.62. The van der Waals surface area contributed by atoms with E-state index in [9.17, 15) is 5.11 Å². The highest BCUT2D eigenvalue weighted by Gasteiger charge is 2.66. The predicted octanol–water partition coefficient (Wildman–Crippen LogP) is 3.84. The zero-order chi connectivity index (χ0) is 20.9. The molecule has 3 saturated carbocycles. The van der Waals surface area contributed by atoms with Gasteiger partial charge in [0, 0.05) is 25.7 Å². The quantitative estimate of drug-likeness (QED) is 0.786. The monoisotopic (exact) mass is 430 g/mol. The Bertz CT molecular complexity index is 757. The molecule has 170 valence electrons. The predicted molar refractivity (Wildman–Crippen MR) is 112 cm³/mol. The lowest BCUT2D eigenvalue weighted by atomic mass is 9.85. The van der Waals surface area contributed by atoms with Gasteiger partial charge in [0.1, 0.15) is 36.6 Å². The second-order valence-electron chi connectivity index (χ2n) is 10.0. The van der Waals surface area contributed by atoms with Crippen molar-refractivity contribution in [3.63, 3.8) is 0 Å². The van der Waals surface area contributed by atoms with Gasteiger partial charge in [0.05, 0.1) is 6.61 Å². The van der Waals surface area contributed by atoms with Crippen LogP contribution in [0.25, 0.3) is 0 Å². The fourth-order valence-electron chi connectivity index (χ4n) is 6.34. The molecule has 0 bridgehead atoms. The molecule has 31 heavy (non-hydrogen) atoms. The van der Waals surface area contributed by atoms with Gasteiger partial charge in [0.15, 0.2) is 11.6 Å². The number of hydrogen-bond acceptors (Lipinski definition) is 6. The largest absolute Gasteiger partial charge is 0.387 e. The maximum atomic E-state index is 11.4. The second-order valence-corrected chi connectivity index (χ2v) is 10.0. The van der Waals surface area contributed by atoms with E-state index in [1.165, 1.54) is 12.8 Å². The normalized spacial score (nSPS) is 40.7.